The fraction of sp³-hybridized carbons (Fsp3) is 0.429. The van der Waals surface area contributed by atoms with Gasteiger partial charge >= 0.3 is 0 Å². The van der Waals surface area contributed by atoms with Crippen LogP contribution < -0.4 is 5.32 Å². The van der Waals surface area contributed by atoms with E-state index in [4.69, 9.17) is 4.52 Å². The SMILES string of the molecule is CCNC1CSCC1c1nc(-c2ccccc2F)no1. The van der Waals surface area contributed by atoms with Gasteiger partial charge in [-0.25, -0.2) is 4.39 Å². The third-order valence-electron chi connectivity index (χ3n) is 3.42. The first-order valence-corrected chi connectivity index (χ1v) is 7.84. The van der Waals surface area contributed by atoms with Crippen LogP contribution in [0.15, 0.2) is 28.8 Å². The Hall–Kier alpha value is -1.40. The number of benzene rings is 1. The van der Waals surface area contributed by atoms with Crippen molar-refractivity contribution in [2.75, 3.05) is 18.1 Å². The van der Waals surface area contributed by atoms with Gasteiger partial charge in [0.05, 0.1) is 11.5 Å². The van der Waals surface area contributed by atoms with Crippen LogP contribution in [0.1, 0.15) is 18.7 Å². The van der Waals surface area contributed by atoms with Gasteiger partial charge in [-0.15, -0.1) is 0 Å². The van der Waals surface area contributed by atoms with E-state index in [1.54, 1.807) is 18.2 Å². The maximum Gasteiger partial charge on any atom is 0.232 e. The van der Waals surface area contributed by atoms with Gasteiger partial charge in [0.15, 0.2) is 0 Å². The smallest absolute Gasteiger partial charge is 0.232 e. The Morgan fingerprint density at radius 3 is 3.05 bits per heavy atom. The first-order chi connectivity index (χ1) is 9.79. The molecule has 1 aromatic heterocycles. The molecule has 0 spiro atoms. The van der Waals surface area contributed by atoms with Gasteiger partial charge in [0.1, 0.15) is 5.82 Å². The predicted molar refractivity (Wildman–Crippen MR) is 77.2 cm³/mol. The fourth-order valence-electron chi connectivity index (χ4n) is 2.40. The third-order valence-corrected chi connectivity index (χ3v) is 4.61. The number of likely N-dealkylation sites (N-methyl/N-ethyl adjacent to an activating group) is 1. The standard InChI is InChI=1S/C14H16FN3OS/c1-2-16-12-8-20-7-10(12)14-17-13(18-19-14)9-5-3-4-6-11(9)15/h3-6,10,12,16H,2,7-8H2,1H3. The summed E-state index contributed by atoms with van der Waals surface area (Å²) in [4.78, 5) is 4.38. The van der Waals surface area contributed by atoms with E-state index in [-0.39, 0.29) is 11.7 Å². The van der Waals surface area contributed by atoms with E-state index in [0.717, 1.165) is 18.1 Å². The van der Waals surface area contributed by atoms with Crippen molar-refractivity contribution in [3.63, 3.8) is 0 Å². The summed E-state index contributed by atoms with van der Waals surface area (Å²) in [5.74, 6) is 2.79. The van der Waals surface area contributed by atoms with Crippen LogP contribution in [-0.4, -0.2) is 34.2 Å². The molecule has 106 valence electrons. The average molecular weight is 293 g/mol. The van der Waals surface area contributed by atoms with Crippen LogP contribution in [-0.2, 0) is 0 Å². The molecular formula is C14H16FN3OS. The molecule has 0 saturated carbocycles. The van der Waals surface area contributed by atoms with Gasteiger partial charge in [-0.1, -0.05) is 24.2 Å². The zero-order valence-corrected chi connectivity index (χ0v) is 12.0. The van der Waals surface area contributed by atoms with Crippen molar-refractivity contribution in [2.45, 2.75) is 18.9 Å². The Kier molecular flexibility index (Phi) is 4.03. The number of nitrogens with zero attached hydrogens (tertiary/aromatic N) is 2. The third kappa shape index (κ3) is 2.58. The predicted octanol–water partition coefficient (Wildman–Crippen LogP) is 2.68. The number of aromatic nitrogens is 2. The van der Waals surface area contributed by atoms with Crippen LogP contribution >= 0.6 is 11.8 Å². The quantitative estimate of drug-likeness (QED) is 0.939. The van der Waals surface area contributed by atoms with Crippen LogP contribution in [0.5, 0.6) is 0 Å². The van der Waals surface area contributed by atoms with Crippen molar-refractivity contribution in [1.82, 2.24) is 15.5 Å². The Morgan fingerprint density at radius 2 is 2.25 bits per heavy atom. The van der Waals surface area contributed by atoms with Crippen LogP contribution in [0, 0.1) is 5.82 Å². The number of halogens is 1. The summed E-state index contributed by atoms with van der Waals surface area (Å²) in [7, 11) is 0. The van der Waals surface area contributed by atoms with Gasteiger partial charge in [0.25, 0.3) is 0 Å². The molecule has 2 unspecified atom stereocenters. The van der Waals surface area contributed by atoms with Crippen LogP contribution in [0.3, 0.4) is 0 Å². The highest BCUT2D eigenvalue weighted by atomic mass is 32.2. The van der Waals surface area contributed by atoms with Gasteiger partial charge in [-0.2, -0.15) is 16.7 Å². The zero-order valence-electron chi connectivity index (χ0n) is 11.2. The molecular weight excluding hydrogens is 277 g/mol. The van der Waals surface area contributed by atoms with Gasteiger partial charge in [0.2, 0.25) is 11.7 Å². The van der Waals surface area contributed by atoms with E-state index < -0.39 is 0 Å². The van der Waals surface area contributed by atoms with E-state index in [0.29, 0.717) is 23.3 Å². The molecule has 4 nitrogen and oxygen atoms in total. The second kappa shape index (κ2) is 5.93. The van der Waals surface area contributed by atoms with E-state index in [1.807, 2.05) is 11.8 Å². The lowest BCUT2D eigenvalue weighted by Gasteiger charge is -2.15. The summed E-state index contributed by atoms with van der Waals surface area (Å²) in [5, 5.41) is 7.35. The highest BCUT2D eigenvalue weighted by Gasteiger charge is 2.33. The van der Waals surface area contributed by atoms with E-state index in [2.05, 4.69) is 22.4 Å². The number of hydrogen-bond acceptors (Lipinski definition) is 5. The fourth-order valence-corrected chi connectivity index (χ4v) is 3.77. The molecule has 1 saturated heterocycles. The Balaban J connectivity index is 1.85. The molecule has 1 aliphatic rings. The first kappa shape index (κ1) is 13.6. The summed E-state index contributed by atoms with van der Waals surface area (Å²) in [5.41, 5.74) is 0.383. The largest absolute Gasteiger partial charge is 0.339 e. The normalized spacial score (nSPS) is 22.3. The van der Waals surface area contributed by atoms with Crippen molar-refractivity contribution in [2.24, 2.45) is 0 Å². The molecule has 2 heterocycles. The van der Waals surface area contributed by atoms with Crippen LogP contribution in [0.25, 0.3) is 11.4 Å². The number of rotatable bonds is 4. The van der Waals surface area contributed by atoms with Crippen molar-refractivity contribution >= 4 is 11.8 Å². The minimum atomic E-state index is -0.330. The molecule has 0 radical (unpaired) electrons. The molecule has 20 heavy (non-hydrogen) atoms. The summed E-state index contributed by atoms with van der Waals surface area (Å²) in [6.07, 6.45) is 0. The average Bonchev–Trinajstić information content (AvgIpc) is 3.08. The van der Waals surface area contributed by atoms with Crippen molar-refractivity contribution < 1.29 is 8.91 Å². The molecule has 3 rings (SSSR count). The monoisotopic (exact) mass is 293 g/mol. The lowest BCUT2D eigenvalue weighted by Crippen LogP contribution is -2.34. The molecule has 6 heteroatoms. The molecule has 0 aliphatic carbocycles. The number of nitrogens with one attached hydrogen (secondary N) is 1. The highest BCUT2D eigenvalue weighted by Crippen LogP contribution is 2.33. The molecule has 0 amide bonds. The van der Waals surface area contributed by atoms with Crippen molar-refractivity contribution in [1.29, 1.82) is 0 Å². The number of thioether (sulfide) groups is 1. The summed E-state index contributed by atoms with van der Waals surface area (Å²) in [6.45, 7) is 2.99. The van der Waals surface area contributed by atoms with Gasteiger partial charge in [0, 0.05) is 17.5 Å². The molecule has 1 N–H and O–H groups in total. The lowest BCUT2D eigenvalue weighted by atomic mass is 10.0. The lowest BCUT2D eigenvalue weighted by molar-refractivity contribution is 0.340. The van der Waals surface area contributed by atoms with Crippen LogP contribution in [0.2, 0.25) is 0 Å². The molecule has 1 aromatic carbocycles. The summed E-state index contributed by atoms with van der Waals surface area (Å²) >= 11 is 1.87. The maximum absolute atomic E-state index is 13.7. The van der Waals surface area contributed by atoms with Gasteiger partial charge < -0.3 is 9.84 Å². The molecule has 2 aromatic rings. The van der Waals surface area contributed by atoms with Crippen molar-refractivity contribution in [3.8, 4) is 11.4 Å². The van der Waals surface area contributed by atoms with E-state index in [9.17, 15) is 4.39 Å². The highest BCUT2D eigenvalue weighted by molar-refractivity contribution is 7.99. The van der Waals surface area contributed by atoms with E-state index >= 15 is 0 Å². The molecule has 1 fully saturated rings. The number of hydrogen-bond donors (Lipinski definition) is 1. The second-order valence-electron chi connectivity index (χ2n) is 4.74. The Labute approximate surface area is 121 Å². The van der Waals surface area contributed by atoms with Crippen LogP contribution in [0.4, 0.5) is 4.39 Å². The van der Waals surface area contributed by atoms with Gasteiger partial charge in [-0.05, 0) is 18.7 Å². The summed E-state index contributed by atoms with van der Waals surface area (Å²) in [6, 6.07) is 6.82. The van der Waals surface area contributed by atoms with Gasteiger partial charge in [-0.3, -0.25) is 0 Å². The minimum Gasteiger partial charge on any atom is -0.339 e. The van der Waals surface area contributed by atoms with Crippen molar-refractivity contribution in [3.05, 3.63) is 36.0 Å². The Bertz CT molecular complexity index is 589. The molecule has 0 bridgehead atoms. The molecule has 1 aliphatic heterocycles. The second-order valence-corrected chi connectivity index (χ2v) is 5.82. The minimum absolute atomic E-state index is 0.202. The first-order valence-electron chi connectivity index (χ1n) is 6.69. The maximum atomic E-state index is 13.7. The molecule has 2 atom stereocenters. The topological polar surface area (TPSA) is 51.0 Å². The summed E-state index contributed by atoms with van der Waals surface area (Å²) < 4.78 is 19.1. The zero-order chi connectivity index (χ0) is 13.9. The van der Waals surface area contributed by atoms with E-state index in [1.165, 1.54) is 6.07 Å². The Morgan fingerprint density at radius 1 is 1.40 bits per heavy atom.